The molecule has 2 atom stereocenters. The molecule has 1 aromatic carbocycles. The quantitative estimate of drug-likeness (QED) is 0.142. The summed E-state index contributed by atoms with van der Waals surface area (Å²) in [5.74, 6) is -1.64. The number of aromatic nitrogens is 4. The molecule has 15 nitrogen and oxygen atoms in total. The average Bonchev–Trinajstić information content (AvgIpc) is 3.66. The highest BCUT2D eigenvalue weighted by molar-refractivity contribution is 6.01. The zero-order chi connectivity index (χ0) is 47.1. The minimum atomic E-state index is -0.618. The molecule has 4 aliphatic rings. The van der Waals surface area contributed by atoms with Crippen molar-refractivity contribution in [1.82, 2.24) is 39.1 Å². The first kappa shape index (κ1) is 45.6. The summed E-state index contributed by atoms with van der Waals surface area (Å²) in [4.78, 5) is 67.7. The van der Waals surface area contributed by atoms with Gasteiger partial charge in [0.2, 0.25) is 11.8 Å². The number of anilines is 3. The summed E-state index contributed by atoms with van der Waals surface area (Å²) in [5, 5.41) is 8.71. The van der Waals surface area contributed by atoms with E-state index < -0.39 is 29.4 Å². The number of hydrogen-bond donors (Lipinski definition) is 3. The van der Waals surface area contributed by atoms with E-state index in [-0.39, 0.29) is 41.3 Å². The maximum atomic E-state index is 16.1. The third-order valence-electron chi connectivity index (χ3n) is 14.0. The summed E-state index contributed by atoms with van der Waals surface area (Å²) in [6, 6.07) is 8.81. The first-order valence-corrected chi connectivity index (χ1v) is 23.1. The summed E-state index contributed by atoms with van der Waals surface area (Å²) in [6.45, 7) is 10.0. The van der Waals surface area contributed by atoms with Crippen molar-refractivity contribution in [1.29, 1.82) is 0 Å². The molecule has 352 valence electrons. The van der Waals surface area contributed by atoms with Gasteiger partial charge in [0.25, 0.3) is 11.5 Å². The highest BCUT2D eigenvalue weighted by atomic mass is 19.1. The van der Waals surface area contributed by atoms with Crippen molar-refractivity contribution in [2.24, 2.45) is 13.0 Å². The van der Waals surface area contributed by atoms with E-state index in [1.165, 1.54) is 35.2 Å². The summed E-state index contributed by atoms with van der Waals surface area (Å²) in [6.07, 6.45) is 9.25. The Bertz CT molecular complexity index is 2810. The predicted octanol–water partition coefficient (Wildman–Crippen LogP) is 5.63. The van der Waals surface area contributed by atoms with Gasteiger partial charge in [0.15, 0.2) is 17.5 Å². The van der Waals surface area contributed by atoms with Crippen LogP contribution in [0.3, 0.4) is 0 Å². The number of fused-ring (bicyclic) bond motifs is 1. The first-order chi connectivity index (χ1) is 32.3. The van der Waals surface area contributed by atoms with Crippen molar-refractivity contribution in [3.63, 3.8) is 0 Å². The van der Waals surface area contributed by atoms with Crippen LogP contribution in [0.4, 0.5) is 30.4 Å². The minimum absolute atomic E-state index is 0.0528. The van der Waals surface area contributed by atoms with Crippen molar-refractivity contribution in [3.8, 4) is 5.69 Å². The molecule has 4 aromatic heterocycles. The molecule has 18 heteroatoms. The van der Waals surface area contributed by atoms with Gasteiger partial charge in [0.1, 0.15) is 17.5 Å². The zero-order valence-corrected chi connectivity index (χ0v) is 38.2. The van der Waals surface area contributed by atoms with Gasteiger partial charge in [-0.15, -0.1) is 0 Å². The van der Waals surface area contributed by atoms with Crippen LogP contribution in [0.15, 0.2) is 65.9 Å². The Labute approximate surface area is 386 Å². The van der Waals surface area contributed by atoms with Gasteiger partial charge in [-0.05, 0) is 80.9 Å². The molecule has 3 saturated heterocycles. The Balaban J connectivity index is 0.769. The van der Waals surface area contributed by atoms with Crippen LogP contribution in [0.2, 0.25) is 0 Å². The number of pyridine rings is 3. The highest BCUT2D eigenvalue weighted by Gasteiger charge is 2.31. The number of benzene rings is 1. The van der Waals surface area contributed by atoms with E-state index in [9.17, 15) is 23.6 Å². The number of nitrogens with zero attached hydrogens (tertiary/aromatic N) is 8. The van der Waals surface area contributed by atoms with Gasteiger partial charge in [-0.2, -0.15) is 0 Å². The van der Waals surface area contributed by atoms with E-state index >= 15 is 8.78 Å². The molecule has 0 bridgehead atoms. The Kier molecular flexibility index (Phi) is 12.9. The molecule has 8 heterocycles. The van der Waals surface area contributed by atoms with E-state index in [4.69, 9.17) is 0 Å². The molecular formula is C49H56F3N11O4. The Morgan fingerprint density at radius 2 is 1.69 bits per heavy atom. The van der Waals surface area contributed by atoms with Crippen LogP contribution in [-0.2, 0) is 16.6 Å². The molecule has 1 unspecified atom stereocenters. The molecular weight excluding hydrogens is 864 g/mol. The first-order valence-electron chi connectivity index (χ1n) is 23.1. The van der Waals surface area contributed by atoms with Crippen molar-refractivity contribution >= 4 is 51.5 Å². The Morgan fingerprint density at radius 1 is 0.910 bits per heavy atom. The van der Waals surface area contributed by atoms with Crippen LogP contribution < -0.4 is 26.4 Å². The molecule has 3 fully saturated rings. The molecule has 0 aliphatic carbocycles. The molecule has 3 amide bonds. The maximum absolute atomic E-state index is 16.1. The Morgan fingerprint density at radius 3 is 2.37 bits per heavy atom. The number of nitrogens with one attached hydrogen (secondary N) is 3. The van der Waals surface area contributed by atoms with Crippen LogP contribution in [0, 0.1) is 30.3 Å². The van der Waals surface area contributed by atoms with Crippen LogP contribution in [0.25, 0.3) is 22.3 Å². The van der Waals surface area contributed by atoms with Crippen LogP contribution in [-0.4, -0.2) is 124 Å². The van der Waals surface area contributed by atoms with E-state index in [2.05, 4.69) is 48.7 Å². The van der Waals surface area contributed by atoms with E-state index in [1.807, 2.05) is 40.5 Å². The normalized spacial score (nSPS) is 19.4. The monoisotopic (exact) mass is 919 g/mol. The zero-order valence-electron chi connectivity index (χ0n) is 38.2. The number of carbonyl (C=O) groups excluding carboxylic acids is 3. The van der Waals surface area contributed by atoms with Gasteiger partial charge in [0, 0.05) is 126 Å². The predicted molar refractivity (Wildman–Crippen MR) is 251 cm³/mol. The van der Waals surface area contributed by atoms with Gasteiger partial charge in [-0.3, -0.25) is 38.9 Å². The number of aryl methyl sites for hydroxylation is 2. The van der Waals surface area contributed by atoms with E-state index in [1.54, 1.807) is 19.3 Å². The second-order valence-corrected chi connectivity index (χ2v) is 18.2. The second-order valence-electron chi connectivity index (χ2n) is 18.2. The number of carbonyl (C=O) groups is 3. The Hall–Kier alpha value is -6.53. The largest absolute Gasteiger partial charge is 0.386 e. The highest BCUT2D eigenvalue weighted by Crippen LogP contribution is 2.35. The molecule has 5 aromatic rings. The van der Waals surface area contributed by atoms with Crippen molar-refractivity contribution in [3.05, 3.63) is 111 Å². The number of halogens is 3. The fraction of sp³-hybridized carbons (Fsp3) is 0.429. The number of likely N-dealkylation sites (tertiary alicyclic amines) is 1. The molecule has 9 rings (SSSR count). The number of piperazine rings is 1. The number of piperidine rings is 2. The third-order valence-corrected chi connectivity index (χ3v) is 14.0. The van der Waals surface area contributed by atoms with Crippen molar-refractivity contribution in [2.75, 3.05) is 81.5 Å². The molecule has 0 spiro atoms. The smallest absolute Gasteiger partial charge is 0.257 e. The van der Waals surface area contributed by atoms with Gasteiger partial charge >= 0.3 is 0 Å². The average molecular weight is 920 g/mol. The lowest BCUT2D eigenvalue weighted by molar-refractivity contribution is -0.133. The summed E-state index contributed by atoms with van der Waals surface area (Å²) >= 11 is 0. The molecule has 3 N–H and O–H groups in total. The number of amides is 3. The summed E-state index contributed by atoms with van der Waals surface area (Å²) in [5.41, 5.74) is 4.85. The summed E-state index contributed by atoms with van der Waals surface area (Å²) in [7, 11) is 3.49. The van der Waals surface area contributed by atoms with Gasteiger partial charge in [-0.25, -0.2) is 23.1 Å². The number of imide groups is 1. The molecule has 0 saturated carbocycles. The topological polar surface area (TPSA) is 153 Å². The lowest BCUT2D eigenvalue weighted by Gasteiger charge is -2.39. The number of hydrogen-bond acceptors (Lipinski definition) is 11. The third kappa shape index (κ3) is 9.28. The van der Waals surface area contributed by atoms with Gasteiger partial charge in [0.05, 0.1) is 29.5 Å². The molecule has 0 radical (unpaired) electrons. The molecule has 4 aliphatic heterocycles. The SMILES string of the molecule is CNc1cc(=O)n(-c2ccnc3c2cc([C@H](C)N2CC=C(c4c(C)cc(C(=O)N5CCC(CN6CCN(c7ncc(NC8CCC(=O)NC8=O)cc7F)CC6)CC5)cc4F)CC2)n3C)cc1F. The van der Waals surface area contributed by atoms with Crippen LogP contribution in [0.5, 0.6) is 0 Å². The lowest BCUT2D eigenvalue weighted by atomic mass is 9.92. The fourth-order valence-corrected chi connectivity index (χ4v) is 10.2. The fourth-order valence-electron chi connectivity index (χ4n) is 10.2. The minimum Gasteiger partial charge on any atom is -0.386 e. The van der Waals surface area contributed by atoms with E-state index in [0.717, 1.165) is 54.7 Å². The van der Waals surface area contributed by atoms with Crippen LogP contribution in [0.1, 0.15) is 72.2 Å². The van der Waals surface area contributed by atoms with Crippen LogP contribution >= 0.6 is 0 Å². The van der Waals surface area contributed by atoms with Gasteiger partial charge in [-0.1, -0.05) is 6.08 Å². The second kappa shape index (κ2) is 19.0. The van der Waals surface area contributed by atoms with Crippen molar-refractivity contribution in [2.45, 2.75) is 58.0 Å². The standard InChI is InChI=1S/C49H56F3N11O4/c1-29-21-33(49(67)62-13-8-31(9-14-62)27-59-17-19-61(20-18-59)47-37(51)23-34(26-55-47)56-39-5-6-43(64)57-48(39)66)22-36(50)45(29)32-10-15-60(16-11-32)30(2)42-24-35-41(7-12-54-46(35)58(42)4)63-28-38(52)40(53-3)25-44(63)65/h7,10,12,21-26,28,30-31,39,53,56H,5-6,8-9,11,13-20,27H2,1-4H3,(H,57,64,66)/t30-,39?/m0/s1. The van der Waals surface area contributed by atoms with Crippen molar-refractivity contribution < 1.29 is 27.6 Å². The molecule has 67 heavy (non-hydrogen) atoms. The lowest BCUT2D eigenvalue weighted by Crippen LogP contribution is -2.49. The van der Waals surface area contributed by atoms with E-state index in [0.29, 0.717) is 86.2 Å². The van der Waals surface area contributed by atoms with Gasteiger partial charge < -0.3 is 25.0 Å². The number of rotatable bonds is 11. The maximum Gasteiger partial charge on any atom is 0.257 e. The summed E-state index contributed by atoms with van der Waals surface area (Å²) < 4.78 is 49.3.